The zero-order chi connectivity index (χ0) is 12.3. The van der Waals surface area contributed by atoms with Gasteiger partial charge in [-0.3, -0.25) is 4.79 Å². The van der Waals surface area contributed by atoms with Gasteiger partial charge in [0.1, 0.15) is 11.2 Å². The second-order valence-corrected chi connectivity index (χ2v) is 5.09. The Balaban J connectivity index is 2.78. The Kier molecular flexibility index (Phi) is 3.92. The molecule has 1 atom stereocenters. The van der Waals surface area contributed by atoms with Crippen molar-refractivity contribution >= 4 is 17.5 Å². The largest absolute Gasteiger partial charge is 0.350 e. The molecule has 1 amide bonds. The lowest BCUT2D eigenvalue weighted by atomic mass is 10.1. The van der Waals surface area contributed by atoms with Gasteiger partial charge >= 0.3 is 0 Å². The number of rotatable bonds is 2. The first-order valence-corrected chi connectivity index (χ1v) is 5.45. The smallest absolute Gasteiger partial charge is 0.243 e. The van der Waals surface area contributed by atoms with Crippen molar-refractivity contribution in [3.05, 3.63) is 35.6 Å². The average molecular weight is 244 g/mol. The van der Waals surface area contributed by atoms with Gasteiger partial charge in [0.2, 0.25) is 5.91 Å². The molecule has 88 valence electrons. The third-order valence-electron chi connectivity index (χ3n) is 1.87. The maximum absolute atomic E-state index is 12.9. The first-order chi connectivity index (χ1) is 7.29. The zero-order valence-corrected chi connectivity index (χ0v) is 10.3. The van der Waals surface area contributed by atoms with E-state index in [0.29, 0.717) is 5.56 Å². The molecule has 1 rings (SSSR count). The van der Waals surface area contributed by atoms with Gasteiger partial charge in [-0.25, -0.2) is 4.39 Å². The van der Waals surface area contributed by atoms with Crippen molar-refractivity contribution < 1.29 is 9.18 Å². The molecule has 0 aliphatic carbocycles. The Labute approximate surface area is 99.8 Å². The lowest BCUT2D eigenvalue weighted by Crippen LogP contribution is -2.42. The Bertz CT molecular complexity index is 387. The van der Waals surface area contributed by atoms with Crippen molar-refractivity contribution in [2.24, 2.45) is 0 Å². The van der Waals surface area contributed by atoms with Gasteiger partial charge < -0.3 is 5.32 Å². The van der Waals surface area contributed by atoms with E-state index in [1.165, 1.54) is 18.2 Å². The second kappa shape index (κ2) is 4.83. The number of amides is 1. The highest BCUT2D eigenvalue weighted by Crippen LogP contribution is 2.22. The van der Waals surface area contributed by atoms with Crippen LogP contribution in [0.2, 0.25) is 0 Å². The highest BCUT2D eigenvalue weighted by atomic mass is 35.5. The van der Waals surface area contributed by atoms with Crippen LogP contribution in [-0.4, -0.2) is 11.4 Å². The first kappa shape index (κ1) is 13.0. The molecule has 1 aromatic carbocycles. The van der Waals surface area contributed by atoms with Crippen LogP contribution in [0.4, 0.5) is 4.39 Å². The van der Waals surface area contributed by atoms with Crippen molar-refractivity contribution in [2.75, 3.05) is 0 Å². The minimum atomic E-state index is -0.866. The van der Waals surface area contributed by atoms with E-state index >= 15 is 0 Å². The minimum absolute atomic E-state index is 0.320. The van der Waals surface area contributed by atoms with Gasteiger partial charge in [0, 0.05) is 5.54 Å². The molecule has 0 aliphatic heterocycles. The fraction of sp³-hybridized carbons (Fsp3) is 0.417. The molecule has 0 saturated carbocycles. The maximum Gasteiger partial charge on any atom is 0.243 e. The van der Waals surface area contributed by atoms with Crippen LogP contribution < -0.4 is 5.32 Å². The number of hydrogen-bond acceptors (Lipinski definition) is 1. The molecule has 0 spiro atoms. The van der Waals surface area contributed by atoms with Gasteiger partial charge in [0.15, 0.2) is 0 Å². The van der Waals surface area contributed by atoms with E-state index in [1.54, 1.807) is 6.07 Å². The van der Waals surface area contributed by atoms with E-state index in [9.17, 15) is 9.18 Å². The number of carbonyl (C=O) groups excluding carboxylic acids is 1. The number of halogens is 2. The Morgan fingerprint density at radius 3 is 2.56 bits per heavy atom. The predicted octanol–water partition coefficient (Wildman–Crippen LogP) is 3.02. The molecule has 0 aliphatic rings. The normalized spacial score (nSPS) is 13.3. The third-order valence-corrected chi connectivity index (χ3v) is 2.32. The fourth-order valence-corrected chi connectivity index (χ4v) is 1.44. The molecule has 1 unspecified atom stereocenters. The number of nitrogens with one attached hydrogen (secondary N) is 1. The van der Waals surface area contributed by atoms with Crippen molar-refractivity contribution in [2.45, 2.75) is 31.7 Å². The summed E-state index contributed by atoms with van der Waals surface area (Å²) in [5, 5.41) is 1.88. The number of carbonyl (C=O) groups is 1. The van der Waals surface area contributed by atoms with Gasteiger partial charge in [0.25, 0.3) is 0 Å². The molecule has 16 heavy (non-hydrogen) atoms. The highest BCUT2D eigenvalue weighted by Gasteiger charge is 2.22. The summed E-state index contributed by atoms with van der Waals surface area (Å²) < 4.78 is 12.9. The van der Waals surface area contributed by atoms with Crippen LogP contribution in [-0.2, 0) is 4.79 Å². The molecular weight excluding hydrogens is 229 g/mol. The van der Waals surface area contributed by atoms with Crippen LogP contribution in [0, 0.1) is 5.82 Å². The predicted molar refractivity (Wildman–Crippen MR) is 62.9 cm³/mol. The summed E-state index contributed by atoms with van der Waals surface area (Å²) in [4.78, 5) is 11.7. The standard InChI is InChI=1S/C12H15ClFNO/c1-12(2,3)15-11(16)10(13)8-5-4-6-9(14)7-8/h4-7,10H,1-3H3,(H,15,16). The van der Waals surface area contributed by atoms with E-state index in [1.807, 2.05) is 20.8 Å². The van der Waals surface area contributed by atoms with Gasteiger partial charge in [0.05, 0.1) is 0 Å². The molecule has 1 aromatic rings. The van der Waals surface area contributed by atoms with E-state index in [2.05, 4.69) is 5.32 Å². The summed E-state index contributed by atoms with van der Waals surface area (Å²) in [5.74, 6) is -0.716. The minimum Gasteiger partial charge on any atom is -0.350 e. The van der Waals surface area contributed by atoms with Crippen LogP contribution >= 0.6 is 11.6 Å². The summed E-state index contributed by atoms with van der Waals surface area (Å²) in [5.41, 5.74) is 0.112. The van der Waals surface area contributed by atoms with Crippen molar-refractivity contribution in [1.29, 1.82) is 0 Å². The van der Waals surface area contributed by atoms with E-state index in [0.717, 1.165) is 0 Å². The number of benzene rings is 1. The summed E-state index contributed by atoms with van der Waals surface area (Å²) in [6, 6.07) is 5.74. The van der Waals surface area contributed by atoms with E-state index in [4.69, 9.17) is 11.6 Å². The fourth-order valence-electron chi connectivity index (χ4n) is 1.25. The lowest BCUT2D eigenvalue weighted by molar-refractivity contribution is -0.122. The Hall–Kier alpha value is -1.09. The molecule has 2 nitrogen and oxygen atoms in total. The highest BCUT2D eigenvalue weighted by molar-refractivity contribution is 6.30. The van der Waals surface area contributed by atoms with Gasteiger partial charge in [-0.15, -0.1) is 11.6 Å². The Morgan fingerprint density at radius 2 is 2.06 bits per heavy atom. The second-order valence-electron chi connectivity index (χ2n) is 4.66. The molecule has 0 radical (unpaired) electrons. The molecule has 0 saturated heterocycles. The molecule has 0 heterocycles. The van der Waals surface area contributed by atoms with Crippen LogP contribution in [0.3, 0.4) is 0 Å². The number of hydrogen-bond donors (Lipinski definition) is 1. The average Bonchev–Trinajstić information content (AvgIpc) is 2.14. The van der Waals surface area contributed by atoms with Crippen LogP contribution in [0.1, 0.15) is 31.7 Å². The first-order valence-electron chi connectivity index (χ1n) is 5.01. The molecule has 4 heteroatoms. The maximum atomic E-state index is 12.9. The van der Waals surface area contributed by atoms with Gasteiger partial charge in [-0.1, -0.05) is 12.1 Å². The number of alkyl halides is 1. The van der Waals surface area contributed by atoms with Gasteiger partial charge in [-0.2, -0.15) is 0 Å². The Morgan fingerprint density at radius 1 is 1.44 bits per heavy atom. The lowest BCUT2D eigenvalue weighted by Gasteiger charge is -2.22. The van der Waals surface area contributed by atoms with Crippen LogP contribution in [0.15, 0.2) is 24.3 Å². The molecule has 0 aromatic heterocycles. The summed E-state index contributed by atoms with van der Waals surface area (Å²) in [6.07, 6.45) is 0. The van der Waals surface area contributed by atoms with Gasteiger partial charge in [-0.05, 0) is 38.5 Å². The molecule has 0 fully saturated rings. The van der Waals surface area contributed by atoms with Crippen LogP contribution in [0.5, 0.6) is 0 Å². The van der Waals surface area contributed by atoms with E-state index in [-0.39, 0.29) is 11.4 Å². The summed E-state index contributed by atoms with van der Waals surface area (Å²) in [6.45, 7) is 5.58. The monoisotopic (exact) mass is 243 g/mol. The molecular formula is C12H15ClFNO. The molecule has 1 N–H and O–H groups in total. The zero-order valence-electron chi connectivity index (χ0n) is 9.55. The quantitative estimate of drug-likeness (QED) is 0.795. The SMILES string of the molecule is CC(C)(C)NC(=O)C(Cl)c1cccc(F)c1. The summed E-state index contributed by atoms with van der Waals surface area (Å²) in [7, 11) is 0. The summed E-state index contributed by atoms with van der Waals surface area (Å²) >= 11 is 5.96. The topological polar surface area (TPSA) is 29.1 Å². The van der Waals surface area contributed by atoms with Crippen molar-refractivity contribution in [1.82, 2.24) is 5.32 Å². The third kappa shape index (κ3) is 3.81. The van der Waals surface area contributed by atoms with Crippen molar-refractivity contribution in [3.8, 4) is 0 Å². The van der Waals surface area contributed by atoms with Crippen molar-refractivity contribution in [3.63, 3.8) is 0 Å². The van der Waals surface area contributed by atoms with E-state index < -0.39 is 11.2 Å². The molecule has 0 bridgehead atoms. The van der Waals surface area contributed by atoms with Crippen LogP contribution in [0.25, 0.3) is 0 Å².